The largest absolute Gasteiger partial charge is 0.497 e. The number of rotatable bonds is 2. The van der Waals surface area contributed by atoms with Crippen LogP contribution in [0.5, 0.6) is 5.75 Å². The first-order valence-electron chi connectivity index (χ1n) is 5.65. The lowest BCUT2D eigenvalue weighted by Crippen LogP contribution is -1.95. The number of nitrogens with zero attached hydrogens (tertiary/aromatic N) is 2. The van der Waals surface area contributed by atoms with E-state index in [2.05, 4.69) is 11.2 Å². The number of benzene rings is 1. The van der Waals surface area contributed by atoms with Crippen molar-refractivity contribution in [2.75, 3.05) is 7.11 Å². The number of hydrogen-bond donors (Lipinski definition) is 1. The van der Waals surface area contributed by atoms with Gasteiger partial charge in [0.2, 0.25) is 0 Å². The highest BCUT2D eigenvalue weighted by molar-refractivity contribution is 6.06. The molecule has 2 rings (SSSR count). The molecule has 0 heterocycles. The Morgan fingerprint density at radius 3 is 2.26 bits per heavy atom. The molecular weight excluding hydrogens is 240 g/mol. The molecule has 1 aromatic rings. The zero-order chi connectivity index (χ0) is 13.7. The molecule has 94 valence electrons. The van der Waals surface area contributed by atoms with Crippen molar-refractivity contribution in [3.63, 3.8) is 0 Å². The van der Waals surface area contributed by atoms with Crippen LogP contribution in [0.4, 0.5) is 0 Å². The van der Waals surface area contributed by atoms with Crippen LogP contribution in [-0.4, -0.2) is 18.0 Å². The fourth-order valence-electron chi connectivity index (χ4n) is 1.75. The van der Waals surface area contributed by atoms with Crippen LogP contribution in [0.25, 0.3) is 5.57 Å². The Balaban J connectivity index is 2.40. The quantitative estimate of drug-likeness (QED) is 0.500. The van der Waals surface area contributed by atoms with E-state index in [1.807, 2.05) is 24.3 Å². The molecule has 1 N–H and O–H groups in total. The van der Waals surface area contributed by atoms with Crippen LogP contribution in [-0.2, 0) is 0 Å². The molecule has 0 fully saturated rings. The van der Waals surface area contributed by atoms with Crippen molar-refractivity contribution in [2.24, 2.45) is 5.16 Å². The summed E-state index contributed by atoms with van der Waals surface area (Å²) in [5.41, 5.74) is 2.61. The molecule has 0 aromatic heterocycles. The zero-order valence-corrected chi connectivity index (χ0v) is 10.4. The van der Waals surface area contributed by atoms with Gasteiger partial charge in [-0.1, -0.05) is 17.3 Å². The minimum atomic E-state index is 0.454. The van der Waals surface area contributed by atoms with Gasteiger partial charge in [-0.3, -0.25) is 0 Å². The molecule has 0 atom stereocenters. The number of hydrogen-bond acceptors (Lipinski definition) is 4. The molecular formula is C15H12N2O2. The topological polar surface area (TPSA) is 65.6 Å². The summed E-state index contributed by atoms with van der Waals surface area (Å²) >= 11 is 0. The van der Waals surface area contributed by atoms with Crippen LogP contribution in [0.1, 0.15) is 5.56 Å². The first-order valence-corrected chi connectivity index (χ1v) is 5.65. The summed E-state index contributed by atoms with van der Waals surface area (Å²) in [6.45, 7) is 0. The highest BCUT2D eigenvalue weighted by atomic mass is 16.5. The molecule has 4 heteroatoms. The van der Waals surface area contributed by atoms with Gasteiger partial charge in [0.1, 0.15) is 17.5 Å². The molecule has 0 saturated heterocycles. The van der Waals surface area contributed by atoms with Crippen LogP contribution in [0.3, 0.4) is 0 Å². The summed E-state index contributed by atoms with van der Waals surface area (Å²) in [5.74, 6) is 0.746. The van der Waals surface area contributed by atoms with E-state index in [-0.39, 0.29) is 0 Å². The maximum absolute atomic E-state index is 9.29. The normalized spacial score (nSPS) is 13.1. The van der Waals surface area contributed by atoms with Crippen LogP contribution in [0, 0.1) is 11.3 Å². The van der Waals surface area contributed by atoms with Gasteiger partial charge in [-0.05, 0) is 47.6 Å². The first kappa shape index (κ1) is 12.7. The molecule has 0 spiro atoms. The van der Waals surface area contributed by atoms with Crippen molar-refractivity contribution < 1.29 is 9.94 Å². The van der Waals surface area contributed by atoms with Gasteiger partial charge in [0.25, 0.3) is 0 Å². The van der Waals surface area contributed by atoms with Crippen LogP contribution in [0.2, 0.25) is 0 Å². The maximum atomic E-state index is 9.29. The molecule has 0 aliphatic heterocycles. The Morgan fingerprint density at radius 1 is 1.16 bits per heavy atom. The summed E-state index contributed by atoms with van der Waals surface area (Å²) in [4.78, 5) is 0. The van der Waals surface area contributed by atoms with Crippen molar-refractivity contribution in [3.8, 4) is 11.8 Å². The number of nitriles is 1. The highest BCUT2D eigenvalue weighted by Gasteiger charge is 2.08. The number of ether oxygens (including phenoxy) is 1. The predicted octanol–water partition coefficient (Wildman–Crippen LogP) is 2.93. The lowest BCUT2D eigenvalue weighted by molar-refractivity contribution is 0.320. The fourth-order valence-corrected chi connectivity index (χ4v) is 1.75. The first-order chi connectivity index (χ1) is 9.28. The van der Waals surface area contributed by atoms with Gasteiger partial charge in [-0.25, -0.2) is 0 Å². The number of oxime groups is 1. The van der Waals surface area contributed by atoms with Gasteiger partial charge >= 0.3 is 0 Å². The second-order valence-electron chi connectivity index (χ2n) is 3.86. The third-order valence-electron chi connectivity index (χ3n) is 2.76. The Bertz CT molecular complexity index is 611. The Morgan fingerprint density at radius 2 is 1.79 bits per heavy atom. The summed E-state index contributed by atoms with van der Waals surface area (Å²) < 4.78 is 5.09. The van der Waals surface area contributed by atoms with Crippen LogP contribution < -0.4 is 4.74 Å². The smallest absolute Gasteiger partial charge is 0.118 e. The highest BCUT2D eigenvalue weighted by Crippen LogP contribution is 2.23. The van der Waals surface area contributed by atoms with Crippen LogP contribution >= 0.6 is 0 Å². The van der Waals surface area contributed by atoms with Crippen molar-refractivity contribution in [3.05, 3.63) is 59.7 Å². The van der Waals surface area contributed by atoms with Crippen molar-refractivity contribution in [2.45, 2.75) is 0 Å². The molecule has 1 aromatic carbocycles. The summed E-state index contributed by atoms with van der Waals surface area (Å²) in [6.07, 6.45) is 6.79. The average molecular weight is 252 g/mol. The molecule has 1 aliphatic rings. The molecule has 0 radical (unpaired) electrons. The Hall–Kier alpha value is -2.80. The molecule has 19 heavy (non-hydrogen) atoms. The monoisotopic (exact) mass is 252 g/mol. The molecule has 0 saturated carbocycles. The summed E-state index contributed by atoms with van der Waals surface area (Å²) in [7, 11) is 1.60. The van der Waals surface area contributed by atoms with E-state index in [1.54, 1.807) is 31.4 Å². The predicted molar refractivity (Wildman–Crippen MR) is 73.0 cm³/mol. The molecule has 4 nitrogen and oxygen atoms in total. The third kappa shape index (κ3) is 2.72. The van der Waals surface area contributed by atoms with Gasteiger partial charge in [0, 0.05) is 0 Å². The molecule has 1 aliphatic carbocycles. The van der Waals surface area contributed by atoms with Crippen molar-refractivity contribution >= 4 is 11.3 Å². The second kappa shape index (κ2) is 5.69. The van der Waals surface area contributed by atoms with Gasteiger partial charge in [0.15, 0.2) is 0 Å². The van der Waals surface area contributed by atoms with Gasteiger partial charge in [-0.15, -0.1) is 0 Å². The number of methoxy groups -OCH3 is 1. The lowest BCUT2D eigenvalue weighted by Gasteiger charge is -2.07. The zero-order valence-electron chi connectivity index (χ0n) is 10.4. The minimum absolute atomic E-state index is 0.454. The summed E-state index contributed by atoms with van der Waals surface area (Å²) in [6, 6.07) is 9.48. The lowest BCUT2D eigenvalue weighted by atomic mass is 9.97. The average Bonchev–Trinajstić information content (AvgIpc) is 2.49. The van der Waals surface area contributed by atoms with E-state index in [4.69, 9.17) is 9.94 Å². The standard InChI is InChI=1S/C15H12N2O2/c1-19-14-8-4-12(5-9-14)15(10-16)11-2-6-13(17-18)7-3-11/h2-9,18H,1H3. The van der Waals surface area contributed by atoms with Crippen molar-refractivity contribution in [1.82, 2.24) is 0 Å². The number of allylic oxidation sites excluding steroid dienone is 6. The molecule has 0 bridgehead atoms. The fraction of sp³-hybridized carbons (Fsp3) is 0.0667. The molecule has 0 unspecified atom stereocenters. The maximum Gasteiger partial charge on any atom is 0.118 e. The van der Waals surface area contributed by atoms with Crippen molar-refractivity contribution in [1.29, 1.82) is 5.26 Å². The minimum Gasteiger partial charge on any atom is -0.497 e. The molecule has 0 amide bonds. The van der Waals surface area contributed by atoms with E-state index < -0.39 is 0 Å². The van der Waals surface area contributed by atoms with E-state index >= 15 is 0 Å². The van der Waals surface area contributed by atoms with E-state index in [1.165, 1.54) is 0 Å². The second-order valence-corrected chi connectivity index (χ2v) is 3.86. The Kier molecular flexibility index (Phi) is 3.79. The van der Waals surface area contributed by atoms with Crippen LogP contribution in [0.15, 0.2) is 59.3 Å². The van der Waals surface area contributed by atoms with Gasteiger partial charge < -0.3 is 9.94 Å². The SMILES string of the molecule is COc1ccc(C(C#N)=C2C=CC(=NO)C=C2)cc1. The van der Waals surface area contributed by atoms with Gasteiger partial charge in [-0.2, -0.15) is 5.26 Å². The van der Waals surface area contributed by atoms with E-state index in [9.17, 15) is 5.26 Å². The van der Waals surface area contributed by atoms with E-state index in [0.29, 0.717) is 11.3 Å². The Labute approximate surface area is 111 Å². The van der Waals surface area contributed by atoms with E-state index in [0.717, 1.165) is 16.9 Å². The summed E-state index contributed by atoms with van der Waals surface area (Å²) in [5, 5.41) is 21.0. The third-order valence-corrected chi connectivity index (χ3v) is 2.76. The van der Waals surface area contributed by atoms with Gasteiger partial charge in [0.05, 0.1) is 12.7 Å².